The molecule has 2 saturated heterocycles. The van der Waals surface area contributed by atoms with E-state index in [-0.39, 0.29) is 5.91 Å². The SMILES string of the molecule is Cc1nc([N+]2([C@H]3CCNC3)CCC[C@@H]2C)ccc1NC(=O)Cc1ccccc1. The Morgan fingerprint density at radius 2 is 2.04 bits per heavy atom. The van der Waals surface area contributed by atoms with E-state index in [0.717, 1.165) is 40.3 Å². The van der Waals surface area contributed by atoms with E-state index in [1.54, 1.807) is 0 Å². The zero-order chi connectivity index (χ0) is 19.6. The number of quaternary nitrogens is 1. The molecule has 1 aromatic carbocycles. The van der Waals surface area contributed by atoms with Gasteiger partial charge in [0.1, 0.15) is 6.04 Å². The first kappa shape index (κ1) is 19.1. The Morgan fingerprint density at radius 3 is 2.68 bits per heavy atom. The molecule has 148 valence electrons. The Bertz CT molecular complexity index is 832. The van der Waals surface area contributed by atoms with E-state index in [1.165, 1.54) is 25.8 Å². The van der Waals surface area contributed by atoms with Gasteiger partial charge in [-0.15, -0.1) is 0 Å². The minimum atomic E-state index is 0.00211. The Balaban J connectivity index is 1.54. The molecule has 0 radical (unpaired) electrons. The lowest BCUT2D eigenvalue weighted by Crippen LogP contribution is -2.60. The van der Waals surface area contributed by atoms with Crippen molar-refractivity contribution in [2.75, 3.05) is 25.0 Å². The lowest BCUT2D eigenvalue weighted by Gasteiger charge is -2.42. The van der Waals surface area contributed by atoms with E-state index in [9.17, 15) is 4.79 Å². The van der Waals surface area contributed by atoms with Gasteiger partial charge >= 0.3 is 0 Å². The number of benzene rings is 1. The predicted octanol–water partition coefficient (Wildman–Crippen LogP) is 3.42. The van der Waals surface area contributed by atoms with Crippen LogP contribution < -0.4 is 15.1 Å². The Kier molecular flexibility index (Phi) is 5.47. The van der Waals surface area contributed by atoms with Crippen LogP contribution in [0.15, 0.2) is 42.5 Å². The Morgan fingerprint density at radius 1 is 1.21 bits per heavy atom. The summed E-state index contributed by atoms with van der Waals surface area (Å²) in [7, 11) is 0. The lowest BCUT2D eigenvalue weighted by atomic mass is 10.1. The van der Waals surface area contributed by atoms with Crippen molar-refractivity contribution >= 4 is 17.4 Å². The second-order valence-electron chi connectivity index (χ2n) is 8.30. The van der Waals surface area contributed by atoms with Crippen molar-refractivity contribution in [1.29, 1.82) is 0 Å². The molecule has 1 amide bonds. The van der Waals surface area contributed by atoms with Gasteiger partial charge in [0.2, 0.25) is 11.7 Å². The van der Waals surface area contributed by atoms with Gasteiger partial charge in [-0.05, 0) is 25.5 Å². The van der Waals surface area contributed by atoms with E-state index < -0.39 is 0 Å². The third-order valence-corrected chi connectivity index (χ3v) is 6.60. The molecule has 1 unspecified atom stereocenters. The van der Waals surface area contributed by atoms with Crippen LogP contribution in [0.5, 0.6) is 0 Å². The van der Waals surface area contributed by atoms with E-state index in [0.29, 0.717) is 18.5 Å². The van der Waals surface area contributed by atoms with Gasteiger partial charge in [0.25, 0.3) is 0 Å². The highest BCUT2D eigenvalue weighted by Crippen LogP contribution is 2.38. The fourth-order valence-electron chi connectivity index (χ4n) is 5.09. The number of aromatic nitrogens is 1. The number of hydrogen-bond acceptors (Lipinski definition) is 3. The number of carbonyl (C=O) groups is 1. The molecule has 2 aliphatic rings. The van der Waals surface area contributed by atoms with Crippen LogP contribution in [0.1, 0.15) is 37.4 Å². The molecule has 2 fully saturated rings. The molecular weight excluding hydrogens is 348 g/mol. The third-order valence-electron chi connectivity index (χ3n) is 6.60. The van der Waals surface area contributed by atoms with E-state index in [1.807, 2.05) is 43.3 Å². The number of likely N-dealkylation sites (tertiary alicyclic amines) is 1. The number of amides is 1. The van der Waals surface area contributed by atoms with E-state index >= 15 is 0 Å². The molecular formula is C23H31N4O+. The monoisotopic (exact) mass is 379 g/mol. The number of nitrogens with zero attached hydrogens (tertiary/aromatic N) is 2. The molecule has 0 saturated carbocycles. The zero-order valence-electron chi connectivity index (χ0n) is 16.9. The van der Waals surface area contributed by atoms with Gasteiger partial charge in [-0.3, -0.25) is 9.28 Å². The van der Waals surface area contributed by atoms with Gasteiger partial charge in [0, 0.05) is 38.4 Å². The van der Waals surface area contributed by atoms with Crippen molar-refractivity contribution in [3.05, 3.63) is 53.7 Å². The van der Waals surface area contributed by atoms with Crippen molar-refractivity contribution in [2.45, 2.75) is 51.6 Å². The van der Waals surface area contributed by atoms with Gasteiger partial charge in [-0.2, -0.15) is 4.98 Å². The van der Waals surface area contributed by atoms with Gasteiger partial charge in [-0.1, -0.05) is 30.3 Å². The summed E-state index contributed by atoms with van der Waals surface area (Å²) in [6.45, 7) is 7.72. The number of rotatable bonds is 5. The normalized spacial score (nSPS) is 27.1. The minimum Gasteiger partial charge on any atom is -0.324 e. The maximum atomic E-state index is 12.4. The van der Waals surface area contributed by atoms with Gasteiger partial charge in [0.05, 0.1) is 30.4 Å². The largest absolute Gasteiger partial charge is 0.324 e. The van der Waals surface area contributed by atoms with Crippen LogP contribution in [0.4, 0.5) is 11.5 Å². The summed E-state index contributed by atoms with van der Waals surface area (Å²) in [5.41, 5.74) is 2.74. The van der Waals surface area contributed by atoms with Crippen molar-refractivity contribution in [3.63, 3.8) is 0 Å². The van der Waals surface area contributed by atoms with Crippen molar-refractivity contribution in [3.8, 4) is 0 Å². The number of pyridine rings is 1. The molecule has 0 aliphatic carbocycles. The first-order chi connectivity index (χ1) is 13.6. The highest BCUT2D eigenvalue weighted by Gasteiger charge is 2.49. The number of carbonyl (C=O) groups excluding carboxylic acids is 1. The van der Waals surface area contributed by atoms with Crippen LogP contribution in [-0.4, -0.2) is 42.6 Å². The smallest absolute Gasteiger partial charge is 0.228 e. The molecule has 3 heterocycles. The summed E-state index contributed by atoms with van der Waals surface area (Å²) in [6.07, 6.45) is 4.11. The summed E-state index contributed by atoms with van der Waals surface area (Å²) >= 11 is 0. The standard InChI is InChI=1S/C23H30N4O/c1-17-7-6-14-27(17,20-12-13-24-16-20)22-11-10-21(18(2)25-22)26-23(28)15-19-8-4-3-5-9-19/h3-5,8-11,17,20,24H,6-7,12-16H2,1-2H3/p+1/t17-,20-,27?/m0/s1. The zero-order valence-corrected chi connectivity index (χ0v) is 16.9. The summed E-state index contributed by atoms with van der Waals surface area (Å²) in [4.78, 5) is 17.5. The minimum absolute atomic E-state index is 0.00211. The Hall–Kier alpha value is -2.24. The van der Waals surface area contributed by atoms with Crippen molar-refractivity contribution in [1.82, 2.24) is 14.8 Å². The highest BCUT2D eigenvalue weighted by atomic mass is 16.1. The second-order valence-corrected chi connectivity index (χ2v) is 8.30. The molecule has 1 aromatic heterocycles. The molecule has 3 atom stereocenters. The number of anilines is 1. The molecule has 2 N–H and O–H groups in total. The lowest BCUT2D eigenvalue weighted by molar-refractivity contribution is -0.115. The first-order valence-electron chi connectivity index (χ1n) is 10.5. The molecule has 0 bridgehead atoms. The summed E-state index contributed by atoms with van der Waals surface area (Å²) in [6, 6.07) is 15.2. The molecule has 5 heteroatoms. The molecule has 5 nitrogen and oxygen atoms in total. The maximum absolute atomic E-state index is 12.4. The fourth-order valence-corrected chi connectivity index (χ4v) is 5.09. The van der Waals surface area contributed by atoms with Crippen LogP contribution >= 0.6 is 0 Å². The van der Waals surface area contributed by atoms with E-state index in [4.69, 9.17) is 4.98 Å². The first-order valence-corrected chi connectivity index (χ1v) is 10.5. The number of nitrogens with one attached hydrogen (secondary N) is 2. The van der Waals surface area contributed by atoms with Crippen LogP contribution in [0.25, 0.3) is 0 Å². The van der Waals surface area contributed by atoms with Crippen LogP contribution in [-0.2, 0) is 11.2 Å². The Labute approximate surface area is 167 Å². The second kappa shape index (κ2) is 8.02. The van der Waals surface area contributed by atoms with Crippen LogP contribution in [0, 0.1) is 6.92 Å². The molecule has 4 rings (SSSR count). The van der Waals surface area contributed by atoms with Crippen LogP contribution in [0.3, 0.4) is 0 Å². The van der Waals surface area contributed by atoms with Gasteiger partial charge < -0.3 is 10.6 Å². The quantitative estimate of drug-likeness (QED) is 0.783. The summed E-state index contributed by atoms with van der Waals surface area (Å²) < 4.78 is 0.992. The number of aryl methyl sites for hydroxylation is 1. The summed E-state index contributed by atoms with van der Waals surface area (Å²) in [5, 5.41) is 6.59. The highest BCUT2D eigenvalue weighted by molar-refractivity contribution is 5.92. The van der Waals surface area contributed by atoms with Gasteiger partial charge in [-0.25, -0.2) is 0 Å². The third kappa shape index (κ3) is 3.56. The topological polar surface area (TPSA) is 54.0 Å². The average molecular weight is 380 g/mol. The fraction of sp³-hybridized carbons (Fsp3) is 0.478. The molecule has 28 heavy (non-hydrogen) atoms. The average Bonchev–Trinajstić information content (AvgIpc) is 3.34. The maximum Gasteiger partial charge on any atom is 0.228 e. The molecule has 2 aromatic rings. The van der Waals surface area contributed by atoms with Crippen molar-refractivity contribution < 1.29 is 4.79 Å². The van der Waals surface area contributed by atoms with Crippen LogP contribution in [0.2, 0.25) is 0 Å². The number of hydrogen-bond donors (Lipinski definition) is 2. The molecule has 0 spiro atoms. The van der Waals surface area contributed by atoms with E-state index in [2.05, 4.69) is 23.6 Å². The summed E-state index contributed by atoms with van der Waals surface area (Å²) in [5.74, 6) is 1.17. The van der Waals surface area contributed by atoms with Gasteiger partial charge in [0.15, 0.2) is 0 Å². The van der Waals surface area contributed by atoms with Crippen molar-refractivity contribution in [2.24, 2.45) is 0 Å². The molecule has 2 aliphatic heterocycles. The predicted molar refractivity (Wildman–Crippen MR) is 114 cm³/mol.